The number of carbonyl (C=O) groups is 1. The van der Waals surface area contributed by atoms with Crippen LogP contribution in [0.5, 0.6) is 5.75 Å². The van der Waals surface area contributed by atoms with Crippen LogP contribution in [0.25, 0.3) is 17.4 Å². The van der Waals surface area contributed by atoms with Crippen LogP contribution >= 0.6 is 23.2 Å². The van der Waals surface area contributed by atoms with Crippen molar-refractivity contribution in [2.24, 2.45) is 0 Å². The second-order valence-electron chi connectivity index (χ2n) is 5.71. The Bertz CT molecular complexity index is 1060. The first-order valence-electron chi connectivity index (χ1n) is 8.12. The molecular formula is C21H14Cl2N2O3. The fourth-order valence-corrected chi connectivity index (χ4v) is 2.97. The number of amides is 1. The van der Waals surface area contributed by atoms with E-state index < -0.39 is 5.91 Å². The molecule has 2 aromatic carbocycles. The summed E-state index contributed by atoms with van der Waals surface area (Å²) in [7, 11) is 1.55. The maximum absolute atomic E-state index is 12.4. The van der Waals surface area contributed by atoms with Crippen molar-refractivity contribution in [3.8, 4) is 23.1 Å². The van der Waals surface area contributed by atoms with E-state index in [1.54, 1.807) is 61.7 Å². The van der Waals surface area contributed by atoms with Crippen LogP contribution in [0.15, 0.2) is 64.6 Å². The highest BCUT2D eigenvalue weighted by Crippen LogP contribution is 2.29. The Hall–Kier alpha value is -3.20. The van der Waals surface area contributed by atoms with Gasteiger partial charge in [0, 0.05) is 27.4 Å². The number of hydrogen-bond acceptors (Lipinski definition) is 4. The molecule has 0 radical (unpaired) electrons. The van der Waals surface area contributed by atoms with Gasteiger partial charge in [-0.05, 0) is 54.6 Å². The van der Waals surface area contributed by atoms with Crippen molar-refractivity contribution in [3.63, 3.8) is 0 Å². The van der Waals surface area contributed by atoms with Gasteiger partial charge >= 0.3 is 0 Å². The first-order chi connectivity index (χ1) is 13.5. The Balaban J connectivity index is 1.79. The Morgan fingerprint density at radius 1 is 1.11 bits per heavy atom. The monoisotopic (exact) mass is 412 g/mol. The number of ether oxygens (including phenoxy) is 1. The molecule has 0 saturated heterocycles. The highest BCUT2D eigenvalue weighted by Gasteiger charge is 2.12. The van der Waals surface area contributed by atoms with Crippen LogP contribution in [0.1, 0.15) is 5.76 Å². The van der Waals surface area contributed by atoms with Gasteiger partial charge in [0.25, 0.3) is 5.91 Å². The molecule has 0 fully saturated rings. The van der Waals surface area contributed by atoms with Gasteiger partial charge in [-0.2, -0.15) is 5.26 Å². The molecule has 0 spiro atoms. The number of hydrogen-bond donors (Lipinski definition) is 1. The topological polar surface area (TPSA) is 75.3 Å². The molecule has 1 N–H and O–H groups in total. The van der Waals surface area contributed by atoms with Gasteiger partial charge in [-0.1, -0.05) is 23.2 Å². The molecule has 7 heteroatoms. The summed E-state index contributed by atoms with van der Waals surface area (Å²) in [6.45, 7) is 0. The standard InChI is InChI=1S/C21H14Cl2N2O3/c1-27-18-4-2-17(3-5-18)25-21(26)14(12-24)10-19-6-7-20(28-19)13-8-15(22)11-16(23)9-13/h2-11H,1H3,(H,25,26)/b14-10-. The number of halogens is 2. The van der Waals surface area contributed by atoms with Crippen LogP contribution in [0.4, 0.5) is 5.69 Å². The second kappa shape index (κ2) is 8.66. The van der Waals surface area contributed by atoms with Crippen molar-refractivity contribution in [1.29, 1.82) is 5.26 Å². The van der Waals surface area contributed by atoms with E-state index in [0.717, 1.165) is 0 Å². The summed E-state index contributed by atoms with van der Waals surface area (Å²) in [5, 5.41) is 13.0. The number of nitrogens with one attached hydrogen (secondary N) is 1. The zero-order chi connectivity index (χ0) is 20.1. The molecule has 5 nitrogen and oxygen atoms in total. The minimum absolute atomic E-state index is 0.0964. The molecule has 1 amide bonds. The van der Waals surface area contributed by atoms with Gasteiger partial charge in [-0.25, -0.2) is 0 Å². The van der Waals surface area contributed by atoms with E-state index in [1.165, 1.54) is 6.08 Å². The highest BCUT2D eigenvalue weighted by atomic mass is 35.5. The maximum atomic E-state index is 12.4. The van der Waals surface area contributed by atoms with Crippen molar-refractivity contribution < 1.29 is 13.9 Å². The van der Waals surface area contributed by atoms with E-state index in [1.807, 2.05) is 6.07 Å². The summed E-state index contributed by atoms with van der Waals surface area (Å²) in [5.74, 6) is 0.991. The van der Waals surface area contributed by atoms with Gasteiger partial charge in [0.1, 0.15) is 28.9 Å². The van der Waals surface area contributed by atoms with Gasteiger partial charge < -0.3 is 14.5 Å². The zero-order valence-electron chi connectivity index (χ0n) is 14.7. The van der Waals surface area contributed by atoms with Crippen LogP contribution < -0.4 is 10.1 Å². The van der Waals surface area contributed by atoms with Gasteiger partial charge in [0.15, 0.2) is 0 Å². The maximum Gasteiger partial charge on any atom is 0.266 e. The first kappa shape index (κ1) is 19.6. The minimum atomic E-state index is -0.545. The van der Waals surface area contributed by atoms with Crippen LogP contribution in [0.2, 0.25) is 10.0 Å². The SMILES string of the molecule is COc1ccc(NC(=O)/C(C#N)=C\c2ccc(-c3cc(Cl)cc(Cl)c3)o2)cc1. The Labute approximate surface area is 171 Å². The lowest BCUT2D eigenvalue weighted by molar-refractivity contribution is -0.112. The lowest BCUT2D eigenvalue weighted by atomic mass is 10.2. The molecule has 0 aliphatic carbocycles. The van der Waals surface area contributed by atoms with Crippen molar-refractivity contribution >= 4 is 40.9 Å². The minimum Gasteiger partial charge on any atom is -0.497 e. The van der Waals surface area contributed by atoms with E-state index in [4.69, 9.17) is 32.4 Å². The average molecular weight is 413 g/mol. The van der Waals surface area contributed by atoms with E-state index >= 15 is 0 Å². The Kier molecular flexibility index (Phi) is 6.05. The number of rotatable bonds is 5. The summed E-state index contributed by atoms with van der Waals surface area (Å²) in [5.41, 5.74) is 1.14. The molecule has 28 heavy (non-hydrogen) atoms. The van der Waals surface area contributed by atoms with Gasteiger partial charge in [-0.3, -0.25) is 4.79 Å². The molecule has 1 aromatic heterocycles. The van der Waals surface area contributed by atoms with E-state index in [0.29, 0.717) is 38.6 Å². The molecule has 3 rings (SSSR count). The lowest BCUT2D eigenvalue weighted by Gasteiger charge is -2.05. The molecule has 0 atom stereocenters. The fraction of sp³-hybridized carbons (Fsp3) is 0.0476. The number of nitrogens with zero attached hydrogens (tertiary/aromatic N) is 1. The second-order valence-corrected chi connectivity index (χ2v) is 6.59. The normalized spacial score (nSPS) is 11.0. The molecule has 0 saturated carbocycles. The summed E-state index contributed by atoms with van der Waals surface area (Å²) >= 11 is 12.0. The van der Waals surface area contributed by atoms with E-state index in [9.17, 15) is 10.1 Å². The van der Waals surface area contributed by atoms with Crippen molar-refractivity contribution in [2.75, 3.05) is 12.4 Å². The highest BCUT2D eigenvalue weighted by molar-refractivity contribution is 6.35. The van der Waals surface area contributed by atoms with E-state index in [2.05, 4.69) is 5.32 Å². The third-order valence-corrected chi connectivity index (χ3v) is 4.21. The summed E-state index contributed by atoms with van der Waals surface area (Å²) in [4.78, 5) is 12.4. The lowest BCUT2D eigenvalue weighted by Crippen LogP contribution is -2.13. The summed E-state index contributed by atoms with van der Waals surface area (Å²) in [6, 6.07) is 17.1. The van der Waals surface area contributed by atoms with Crippen LogP contribution in [0.3, 0.4) is 0 Å². The van der Waals surface area contributed by atoms with Crippen molar-refractivity contribution in [3.05, 3.63) is 76.0 Å². The van der Waals surface area contributed by atoms with Gasteiger partial charge in [-0.15, -0.1) is 0 Å². The largest absolute Gasteiger partial charge is 0.497 e. The predicted octanol–water partition coefficient (Wildman–Crippen LogP) is 5.81. The van der Waals surface area contributed by atoms with Crippen LogP contribution in [-0.4, -0.2) is 13.0 Å². The Morgan fingerprint density at radius 2 is 1.79 bits per heavy atom. The predicted molar refractivity (Wildman–Crippen MR) is 109 cm³/mol. The number of anilines is 1. The molecule has 1 heterocycles. The molecular weight excluding hydrogens is 399 g/mol. The van der Waals surface area contributed by atoms with E-state index in [-0.39, 0.29) is 5.57 Å². The fourth-order valence-electron chi connectivity index (χ4n) is 2.45. The van der Waals surface area contributed by atoms with Crippen molar-refractivity contribution in [2.45, 2.75) is 0 Å². The van der Waals surface area contributed by atoms with Crippen LogP contribution in [0, 0.1) is 11.3 Å². The third-order valence-electron chi connectivity index (χ3n) is 3.77. The molecule has 3 aromatic rings. The first-order valence-corrected chi connectivity index (χ1v) is 8.87. The number of methoxy groups -OCH3 is 1. The number of benzene rings is 2. The summed E-state index contributed by atoms with van der Waals surface area (Å²) < 4.78 is 10.8. The average Bonchev–Trinajstić information content (AvgIpc) is 3.14. The number of nitriles is 1. The molecule has 0 bridgehead atoms. The molecule has 0 unspecified atom stereocenters. The molecule has 0 aliphatic rings. The number of furan rings is 1. The molecule has 0 aliphatic heterocycles. The third kappa shape index (κ3) is 4.74. The molecule has 140 valence electrons. The van der Waals surface area contributed by atoms with Gasteiger partial charge in [0.05, 0.1) is 7.11 Å². The summed E-state index contributed by atoms with van der Waals surface area (Å²) in [6.07, 6.45) is 1.37. The zero-order valence-corrected chi connectivity index (χ0v) is 16.2. The van der Waals surface area contributed by atoms with Crippen LogP contribution in [-0.2, 0) is 4.79 Å². The van der Waals surface area contributed by atoms with Gasteiger partial charge in [0.2, 0.25) is 0 Å². The number of carbonyl (C=O) groups excluding carboxylic acids is 1. The quantitative estimate of drug-likeness (QED) is 0.423. The smallest absolute Gasteiger partial charge is 0.266 e. The van der Waals surface area contributed by atoms with Crippen molar-refractivity contribution in [1.82, 2.24) is 0 Å². The Morgan fingerprint density at radius 3 is 2.39 bits per heavy atom.